The third-order valence-electron chi connectivity index (χ3n) is 3.89. The molecule has 2 aromatic carbocycles. The van der Waals surface area contributed by atoms with E-state index >= 15 is 0 Å². The molecule has 0 fully saturated rings. The van der Waals surface area contributed by atoms with Crippen molar-refractivity contribution < 1.29 is 14.3 Å². The molecule has 4 nitrogen and oxygen atoms in total. The number of hydrogen-bond acceptors (Lipinski definition) is 2. The predicted octanol–water partition coefficient (Wildman–Crippen LogP) is 3.51. The lowest BCUT2D eigenvalue weighted by atomic mass is 10.0. The Labute approximate surface area is 145 Å². The fraction of sp³-hybridized carbons (Fsp3) is 0.167. The van der Waals surface area contributed by atoms with E-state index in [4.69, 9.17) is 0 Å². The zero-order chi connectivity index (χ0) is 16.2. The van der Waals surface area contributed by atoms with Crippen molar-refractivity contribution >= 4 is 29.3 Å². The summed E-state index contributed by atoms with van der Waals surface area (Å²) in [4.78, 5) is 14.6. The van der Waals surface area contributed by atoms with Crippen molar-refractivity contribution in [3.63, 3.8) is 0 Å². The van der Waals surface area contributed by atoms with Crippen molar-refractivity contribution in [2.45, 2.75) is 19.0 Å². The van der Waals surface area contributed by atoms with Crippen LogP contribution in [-0.2, 0) is 17.8 Å². The van der Waals surface area contributed by atoms with E-state index < -0.39 is 12.0 Å². The smallest absolute Gasteiger partial charge is 0.321 e. The third kappa shape index (κ3) is 3.93. The van der Waals surface area contributed by atoms with Crippen LogP contribution in [0.4, 0.5) is 4.39 Å². The van der Waals surface area contributed by atoms with Gasteiger partial charge >= 0.3 is 5.97 Å². The normalized spacial score (nSPS) is 11.9. The number of carboxylic acid groups (broad SMARTS) is 1. The summed E-state index contributed by atoms with van der Waals surface area (Å²) < 4.78 is 13.6. The zero-order valence-corrected chi connectivity index (χ0v) is 13.6. The summed E-state index contributed by atoms with van der Waals surface area (Å²) in [6, 6.07) is 13.3. The van der Waals surface area contributed by atoms with Gasteiger partial charge in [-0.3, -0.25) is 10.1 Å². The number of aromatic amines is 1. The summed E-state index contributed by atoms with van der Waals surface area (Å²) >= 11 is 0. The third-order valence-corrected chi connectivity index (χ3v) is 3.89. The van der Waals surface area contributed by atoms with Gasteiger partial charge in [-0.25, -0.2) is 4.39 Å². The molecule has 0 amide bonds. The molecule has 0 aliphatic rings. The Morgan fingerprint density at radius 1 is 1.12 bits per heavy atom. The molecule has 6 heteroatoms. The fourth-order valence-corrected chi connectivity index (χ4v) is 2.64. The summed E-state index contributed by atoms with van der Waals surface area (Å²) in [5.74, 6) is -1.29. The predicted molar refractivity (Wildman–Crippen MR) is 93.9 cm³/mol. The molecule has 0 bridgehead atoms. The molecule has 3 aromatic rings. The first-order valence-corrected chi connectivity index (χ1v) is 7.40. The summed E-state index contributed by atoms with van der Waals surface area (Å²) in [7, 11) is 0. The fourth-order valence-electron chi connectivity index (χ4n) is 2.64. The Morgan fingerprint density at radius 3 is 2.58 bits per heavy atom. The Balaban J connectivity index is 0.00000208. The van der Waals surface area contributed by atoms with Crippen LogP contribution in [0.15, 0.2) is 54.7 Å². The van der Waals surface area contributed by atoms with Crippen LogP contribution in [0.5, 0.6) is 0 Å². The van der Waals surface area contributed by atoms with E-state index in [1.54, 1.807) is 18.2 Å². The van der Waals surface area contributed by atoms with Gasteiger partial charge in [0, 0.05) is 35.6 Å². The van der Waals surface area contributed by atoms with Gasteiger partial charge in [-0.1, -0.05) is 36.4 Å². The lowest BCUT2D eigenvalue weighted by molar-refractivity contribution is -0.139. The minimum atomic E-state index is -0.952. The van der Waals surface area contributed by atoms with Gasteiger partial charge in [0.25, 0.3) is 0 Å². The highest BCUT2D eigenvalue weighted by atomic mass is 35.5. The summed E-state index contributed by atoms with van der Waals surface area (Å²) in [6.07, 6.45) is 2.15. The second-order valence-corrected chi connectivity index (χ2v) is 5.43. The van der Waals surface area contributed by atoms with Crippen molar-refractivity contribution in [2.75, 3.05) is 0 Å². The average Bonchev–Trinajstić information content (AvgIpc) is 2.95. The molecule has 1 unspecified atom stereocenters. The van der Waals surface area contributed by atoms with Gasteiger partial charge in [-0.2, -0.15) is 0 Å². The molecule has 24 heavy (non-hydrogen) atoms. The van der Waals surface area contributed by atoms with Crippen LogP contribution in [0, 0.1) is 5.82 Å². The number of carbonyl (C=O) groups is 1. The molecular formula is C18H18ClFN2O2. The van der Waals surface area contributed by atoms with Crippen LogP contribution in [0.3, 0.4) is 0 Å². The molecule has 0 radical (unpaired) electrons. The molecule has 0 spiro atoms. The maximum absolute atomic E-state index is 13.6. The van der Waals surface area contributed by atoms with Crippen molar-refractivity contribution in [1.82, 2.24) is 10.3 Å². The van der Waals surface area contributed by atoms with E-state index in [2.05, 4.69) is 10.3 Å². The van der Waals surface area contributed by atoms with E-state index in [1.807, 2.05) is 30.5 Å². The zero-order valence-electron chi connectivity index (χ0n) is 12.8. The molecule has 3 N–H and O–H groups in total. The molecule has 1 aromatic heterocycles. The number of carboxylic acids is 1. The average molecular weight is 349 g/mol. The van der Waals surface area contributed by atoms with Crippen molar-refractivity contribution in [1.29, 1.82) is 0 Å². The van der Waals surface area contributed by atoms with Crippen LogP contribution in [-0.4, -0.2) is 22.1 Å². The number of benzene rings is 2. The molecule has 0 aliphatic heterocycles. The standard InChI is InChI=1S/C18H17FN2O2.ClH/c19-15-7-3-1-5-12(15)10-21-17(18(22)23)9-13-11-20-16-8-4-2-6-14(13)16;/h1-8,11,17,20-21H,9-10H2,(H,22,23);1H. The number of aromatic nitrogens is 1. The van der Waals surface area contributed by atoms with Crippen LogP contribution in [0.1, 0.15) is 11.1 Å². The minimum Gasteiger partial charge on any atom is -0.480 e. The molecule has 0 saturated carbocycles. The van der Waals surface area contributed by atoms with E-state index in [9.17, 15) is 14.3 Å². The van der Waals surface area contributed by atoms with Crippen LogP contribution >= 0.6 is 12.4 Å². The number of hydrogen-bond donors (Lipinski definition) is 3. The Bertz CT molecular complexity index is 835. The Kier molecular flexibility index (Phi) is 5.95. The highest BCUT2D eigenvalue weighted by molar-refractivity contribution is 5.85. The van der Waals surface area contributed by atoms with Gasteiger partial charge in [0.05, 0.1) is 0 Å². The van der Waals surface area contributed by atoms with Gasteiger partial charge in [0.2, 0.25) is 0 Å². The summed E-state index contributed by atoms with van der Waals surface area (Å²) in [5, 5.41) is 13.4. The first-order valence-electron chi connectivity index (χ1n) is 7.40. The minimum absolute atomic E-state index is 0. The second kappa shape index (κ2) is 7.95. The first kappa shape index (κ1) is 18.0. The van der Waals surface area contributed by atoms with Gasteiger partial charge in [0.1, 0.15) is 11.9 Å². The van der Waals surface area contributed by atoms with Gasteiger partial charge < -0.3 is 10.1 Å². The van der Waals surface area contributed by atoms with Gasteiger partial charge in [-0.05, 0) is 17.7 Å². The monoisotopic (exact) mass is 348 g/mol. The highest BCUT2D eigenvalue weighted by Gasteiger charge is 2.19. The van der Waals surface area contributed by atoms with E-state index in [0.29, 0.717) is 12.0 Å². The molecular weight excluding hydrogens is 331 g/mol. The number of rotatable bonds is 6. The van der Waals surface area contributed by atoms with E-state index in [-0.39, 0.29) is 24.8 Å². The van der Waals surface area contributed by atoms with Crippen molar-refractivity contribution in [3.8, 4) is 0 Å². The van der Waals surface area contributed by atoms with Crippen molar-refractivity contribution in [2.24, 2.45) is 0 Å². The number of halogens is 2. The topological polar surface area (TPSA) is 65.1 Å². The van der Waals surface area contributed by atoms with Crippen LogP contribution in [0.25, 0.3) is 10.9 Å². The second-order valence-electron chi connectivity index (χ2n) is 5.43. The largest absolute Gasteiger partial charge is 0.480 e. The quantitative estimate of drug-likeness (QED) is 0.638. The lowest BCUT2D eigenvalue weighted by Gasteiger charge is -2.14. The maximum Gasteiger partial charge on any atom is 0.321 e. The van der Waals surface area contributed by atoms with Crippen LogP contribution in [0.2, 0.25) is 0 Å². The number of H-pyrrole nitrogens is 1. The first-order chi connectivity index (χ1) is 11.1. The molecule has 1 atom stereocenters. The number of para-hydroxylation sites is 1. The molecule has 1 heterocycles. The van der Waals surface area contributed by atoms with E-state index in [1.165, 1.54) is 6.07 Å². The lowest BCUT2D eigenvalue weighted by Crippen LogP contribution is -2.38. The van der Waals surface area contributed by atoms with Gasteiger partial charge in [0.15, 0.2) is 0 Å². The Hall–Kier alpha value is -2.37. The summed E-state index contributed by atoms with van der Waals surface area (Å²) in [5.41, 5.74) is 2.35. The SMILES string of the molecule is Cl.O=C(O)C(Cc1c[nH]c2ccccc12)NCc1ccccc1F. The highest BCUT2D eigenvalue weighted by Crippen LogP contribution is 2.19. The number of nitrogens with one attached hydrogen (secondary N) is 2. The summed E-state index contributed by atoms with van der Waals surface area (Å²) in [6.45, 7) is 0.173. The molecule has 3 rings (SSSR count). The number of aliphatic carboxylic acids is 1. The molecule has 0 aliphatic carbocycles. The maximum atomic E-state index is 13.6. The molecule has 0 saturated heterocycles. The molecule has 126 valence electrons. The van der Waals surface area contributed by atoms with Crippen LogP contribution < -0.4 is 5.32 Å². The van der Waals surface area contributed by atoms with E-state index in [0.717, 1.165) is 16.5 Å². The number of fused-ring (bicyclic) bond motifs is 1. The van der Waals surface area contributed by atoms with Crippen molar-refractivity contribution in [3.05, 3.63) is 71.7 Å². The van der Waals surface area contributed by atoms with Gasteiger partial charge in [-0.15, -0.1) is 12.4 Å². The Morgan fingerprint density at radius 2 is 1.83 bits per heavy atom.